The van der Waals surface area contributed by atoms with Crippen molar-refractivity contribution in [2.75, 3.05) is 19.4 Å². The van der Waals surface area contributed by atoms with Crippen LogP contribution in [0.2, 0.25) is 0 Å². The molecular formula is C10H15N5O4S2. The summed E-state index contributed by atoms with van der Waals surface area (Å²) in [5.74, 6) is 1.43. The maximum Gasteiger partial charge on any atom is 0.347 e. The number of aromatic nitrogens is 2. The van der Waals surface area contributed by atoms with E-state index in [1.54, 1.807) is 11.8 Å². The van der Waals surface area contributed by atoms with Gasteiger partial charge in [-0.25, -0.2) is 9.71 Å². The molecule has 0 aliphatic carbocycles. The van der Waals surface area contributed by atoms with Gasteiger partial charge in [0, 0.05) is 11.5 Å². The standard InChI is InChI=1S/C10H15N5O4S2/c1-19-10-9(14-21(17,18)15-10)11-2-3-20-5-8-7(4-16)12-6-13-8/h6,16H,2-5H2,1H3,(H,11,14)(H,12,13). The van der Waals surface area contributed by atoms with Gasteiger partial charge in [-0.3, -0.25) is 4.99 Å². The largest absolute Gasteiger partial charge is 0.478 e. The third kappa shape index (κ3) is 4.19. The van der Waals surface area contributed by atoms with E-state index in [4.69, 9.17) is 9.84 Å². The van der Waals surface area contributed by atoms with Crippen LogP contribution in [0.15, 0.2) is 15.7 Å². The first kappa shape index (κ1) is 15.8. The van der Waals surface area contributed by atoms with Gasteiger partial charge in [0.1, 0.15) is 0 Å². The Morgan fingerprint density at radius 3 is 3.05 bits per heavy atom. The Balaban J connectivity index is 1.80. The molecule has 116 valence electrons. The minimum Gasteiger partial charge on any atom is -0.478 e. The molecule has 1 aliphatic rings. The number of amidine groups is 1. The van der Waals surface area contributed by atoms with Crippen LogP contribution >= 0.6 is 11.8 Å². The number of aliphatic hydroxyl groups is 1. The first-order chi connectivity index (χ1) is 10.1. The maximum atomic E-state index is 11.2. The summed E-state index contributed by atoms with van der Waals surface area (Å²) in [4.78, 5) is 11.0. The van der Waals surface area contributed by atoms with E-state index < -0.39 is 10.2 Å². The molecule has 0 spiro atoms. The molecule has 1 aliphatic heterocycles. The lowest BCUT2D eigenvalue weighted by atomic mass is 10.4. The number of thioether (sulfide) groups is 1. The summed E-state index contributed by atoms with van der Waals surface area (Å²) < 4.78 is 32.8. The smallest absolute Gasteiger partial charge is 0.347 e. The van der Waals surface area contributed by atoms with Gasteiger partial charge in [0.05, 0.1) is 38.0 Å². The van der Waals surface area contributed by atoms with E-state index >= 15 is 0 Å². The molecular weight excluding hydrogens is 318 g/mol. The van der Waals surface area contributed by atoms with Crippen LogP contribution in [0.5, 0.6) is 0 Å². The van der Waals surface area contributed by atoms with Gasteiger partial charge in [0.25, 0.3) is 5.90 Å². The number of hydrogen-bond donors (Lipinski definition) is 3. The second-order valence-corrected chi connectivity index (χ2v) is 6.39. The van der Waals surface area contributed by atoms with Crippen LogP contribution in [0.3, 0.4) is 0 Å². The normalized spacial score (nSPS) is 18.6. The number of H-pyrrole nitrogens is 1. The van der Waals surface area contributed by atoms with Crippen molar-refractivity contribution in [3.63, 3.8) is 0 Å². The van der Waals surface area contributed by atoms with E-state index in [-0.39, 0.29) is 18.3 Å². The zero-order valence-corrected chi connectivity index (χ0v) is 12.9. The molecule has 9 nitrogen and oxygen atoms in total. The molecule has 0 amide bonds. The van der Waals surface area contributed by atoms with Crippen molar-refractivity contribution in [3.05, 3.63) is 17.7 Å². The molecule has 0 saturated carbocycles. The lowest BCUT2D eigenvalue weighted by molar-refractivity contribution is 0.276. The number of ether oxygens (including phenoxy) is 1. The number of imidazole rings is 1. The Morgan fingerprint density at radius 2 is 2.33 bits per heavy atom. The third-order valence-corrected chi connectivity index (χ3v) is 4.36. The average Bonchev–Trinajstić information content (AvgIpc) is 3.01. The van der Waals surface area contributed by atoms with E-state index in [9.17, 15) is 8.42 Å². The maximum absolute atomic E-state index is 11.2. The highest BCUT2D eigenvalue weighted by Gasteiger charge is 2.26. The van der Waals surface area contributed by atoms with Crippen LogP contribution in [0, 0.1) is 0 Å². The summed E-state index contributed by atoms with van der Waals surface area (Å²) in [6.45, 7) is 0.310. The van der Waals surface area contributed by atoms with Gasteiger partial charge in [-0.15, -0.1) is 4.40 Å². The number of rotatable bonds is 6. The van der Waals surface area contributed by atoms with E-state index in [1.165, 1.54) is 13.4 Å². The summed E-state index contributed by atoms with van der Waals surface area (Å²) in [6.07, 6.45) is 1.54. The van der Waals surface area contributed by atoms with E-state index in [1.807, 2.05) is 0 Å². The molecule has 0 unspecified atom stereocenters. The quantitative estimate of drug-likeness (QED) is 0.598. The van der Waals surface area contributed by atoms with Gasteiger partial charge in [-0.05, 0) is 0 Å². The van der Waals surface area contributed by atoms with Crippen LogP contribution in [0.25, 0.3) is 0 Å². The van der Waals surface area contributed by atoms with E-state index in [0.717, 1.165) is 5.69 Å². The molecule has 2 heterocycles. The van der Waals surface area contributed by atoms with Crippen molar-refractivity contribution >= 4 is 33.7 Å². The Labute approximate surface area is 126 Å². The molecule has 0 saturated heterocycles. The second-order valence-electron chi connectivity index (χ2n) is 3.95. The van der Waals surface area contributed by atoms with Gasteiger partial charge in [-0.2, -0.15) is 20.2 Å². The average molecular weight is 333 g/mol. The fraction of sp³-hybridized carbons (Fsp3) is 0.500. The molecule has 0 aromatic carbocycles. The summed E-state index contributed by atoms with van der Waals surface area (Å²) in [7, 11) is -2.38. The molecule has 0 atom stereocenters. The lowest BCUT2D eigenvalue weighted by Gasteiger charge is -2.01. The van der Waals surface area contributed by atoms with Crippen LogP contribution in [-0.4, -0.2) is 54.6 Å². The van der Waals surface area contributed by atoms with E-state index in [0.29, 0.717) is 23.7 Å². The number of nitrogens with one attached hydrogen (secondary N) is 2. The second kappa shape index (κ2) is 6.91. The Morgan fingerprint density at radius 1 is 1.52 bits per heavy atom. The number of aliphatic hydroxyl groups excluding tert-OH is 1. The van der Waals surface area contributed by atoms with Gasteiger partial charge in [-0.1, -0.05) is 0 Å². The van der Waals surface area contributed by atoms with Crippen molar-refractivity contribution in [2.24, 2.45) is 9.39 Å². The van der Waals surface area contributed by atoms with Crippen molar-refractivity contribution < 1.29 is 18.3 Å². The lowest BCUT2D eigenvalue weighted by Crippen LogP contribution is -2.27. The molecule has 3 N–H and O–H groups in total. The van der Waals surface area contributed by atoms with Crippen molar-refractivity contribution in [3.8, 4) is 0 Å². The molecule has 0 fully saturated rings. The first-order valence-electron chi connectivity index (χ1n) is 5.97. The molecule has 1 aromatic rings. The number of hydrogen-bond acceptors (Lipinski definition) is 7. The van der Waals surface area contributed by atoms with Crippen molar-refractivity contribution in [1.82, 2.24) is 14.7 Å². The molecule has 0 bridgehead atoms. The fourth-order valence-corrected chi connectivity index (χ4v) is 3.22. The molecule has 11 heteroatoms. The van der Waals surface area contributed by atoms with Gasteiger partial charge < -0.3 is 14.8 Å². The Hall–Kier alpha value is -1.59. The number of methoxy groups -OCH3 is 1. The van der Waals surface area contributed by atoms with Crippen LogP contribution in [0.1, 0.15) is 11.4 Å². The van der Waals surface area contributed by atoms with Gasteiger partial charge in [0.2, 0.25) is 5.84 Å². The van der Waals surface area contributed by atoms with Crippen molar-refractivity contribution in [1.29, 1.82) is 0 Å². The Bertz CT molecular complexity index is 652. The van der Waals surface area contributed by atoms with Crippen LogP contribution in [0.4, 0.5) is 0 Å². The highest BCUT2D eigenvalue weighted by Crippen LogP contribution is 2.13. The molecule has 2 rings (SSSR count). The van der Waals surface area contributed by atoms with Crippen LogP contribution < -0.4 is 4.72 Å². The van der Waals surface area contributed by atoms with Crippen molar-refractivity contribution in [2.45, 2.75) is 12.4 Å². The highest BCUT2D eigenvalue weighted by atomic mass is 32.2. The topological polar surface area (TPSA) is 129 Å². The summed E-state index contributed by atoms with van der Waals surface area (Å²) >= 11 is 1.59. The summed E-state index contributed by atoms with van der Waals surface area (Å²) in [5.41, 5.74) is 1.50. The van der Waals surface area contributed by atoms with Crippen LogP contribution in [-0.2, 0) is 27.3 Å². The monoisotopic (exact) mass is 333 g/mol. The fourth-order valence-electron chi connectivity index (χ4n) is 1.58. The Kier molecular flexibility index (Phi) is 5.20. The minimum absolute atomic E-state index is 0.0314. The minimum atomic E-state index is -3.71. The molecule has 0 radical (unpaired) electrons. The molecule has 21 heavy (non-hydrogen) atoms. The molecule has 1 aromatic heterocycles. The summed E-state index contributed by atoms with van der Waals surface area (Å²) in [5, 5.41) is 9.05. The first-order valence-corrected chi connectivity index (χ1v) is 8.56. The predicted molar refractivity (Wildman–Crippen MR) is 79.5 cm³/mol. The van der Waals surface area contributed by atoms with Gasteiger partial charge >= 0.3 is 10.2 Å². The third-order valence-electron chi connectivity index (χ3n) is 2.53. The number of aliphatic imine (C=N–C) groups is 1. The number of nitrogens with zero attached hydrogens (tertiary/aromatic N) is 3. The predicted octanol–water partition coefficient (Wildman–Crippen LogP) is -0.573. The SMILES string of the molecule is COC1=NS(=O)(=O)NC1=NCCSCc1[nH]cnc1CO. The number of aromatic amines is 1. The van der Waals surface area contributed by atoms with E-state index in [2.05, 4.69) is 24.1 Å². The van der Waals surface area contributed by atoms with Gasteiger partial charge in [0.15, 0.2) is 0 Å². The highest BCUT2D eigenvalue weighted by molar-refractivity contribution is 7.98. The zero-order chi connectivity index (χ0) is 15.3. The summed E-state index contributed by atoms with van der Waals surface area (Å²) in [6, 6.07) is 0. The zero-order valence-electron chi connectivity index (χ0n) is 11.2.